The van der Waals surface area contributed by atoms with E-state index in [1.165, 1.54) is 25.1 Å². The van der Waals surface area contributed by atoms with Crippen molar-refractivity contribution in [1.29, 1.82) is 0 Å². The van der Waals surface area contributed by atoms with Crippen molar-refractivity contribution in [2.45, 2.75) is 17.9 Å². The van der Waals surface area contributed by atoms with E-state index in [9.17, 15) is 18.0 Å². The zero-order valence-electron chi connectivity index (χ0n) is 15.0. The Hall–Kier alpha value is -2.93. The molecule has 2 aromatic rings. The van der Waals surface area contributed by atoms with Gasteiger partial charge in [-0.05, 0) is 30.7 Å². The molecule has 0 saturated carbocycles. The molecule has 0 heterocycles. The van der Waals surface area contributed by atoms with Crippen molar-refractivity contribution in [2.75, 3.05) is 12.3 Å². The van der Waals surface area contributed by atoms with Gasteiger partial charge in [0.1, 0.15) is 6.04 Å². The average molecular weight is 386 g/mol. The molecule has 2 amide bonds. The predicted molar refractivity (Wildman–Crippen MR) is 105 cm³/mol. The van der Waals surface area contributed by atoms with E-state index in [-0.39, 0.29) is 17.2 Å². The van der Waals surface area contributed by atoms with E-state index in [1.807, 2.05) is 30.3 Å². The molecule has 1 atom stereocenters. The average Bonchev–Trinajstić information content (AvgIpc) is 2.67. The van der Waals surface area contributed by atoms with Gasteiger partial charge in [0.05, 0.1) is 10.6 Å². The molecule has 0 fully saturated rings. The third-order valence-electron chi connectivity index (χ3n) is 3.75. The summed E-state index contributed by atoms with van der Waals surface area (Å²) >= 11 is 0. The fraction of sp³-hybridized carbons (Fsp3) is 0.200. The van der Waals surface area contributed by atoms with Gasteiger partial charge in [0.2, 0.25) is 11.8 Å². The molecule has 0 aromatic heterocycles. The van der Waals surface area contributed by atoms with Crippen LogP contribution in [-0.4, -0.2) is 38.6 Å². The second kappa shape index (κ2) is 9.68. The van der Waals surface area contributed by atoms with E-state index in [1.54, 1.807) is 24.3 Å². The summed E-state index contributed by atoms with van der Waals surface area (Å²) in [6, 6.07) is 16.6. The molecule has 1 unspecified atom stereocenters. The molecule has 0 aliphatic heterocycles. The smallest absolute Gasteiger partial charge is 0.244 e. The van der Waals surface area contributed by atoms with Crippen molar-refractivity contribution in [2.24, 2.45) is 0 Å². The topological polar surface area (TPSA) is 92.3 Å². The molecule has 2 rings (SSSR count). The first-order valence-corrected chi connectivity index (χ1v) is 10.1. The van der Waals surface area contributed by atoms with Gasteiger partial charge in [-0.15, -0.1) is 0 Å². The summed E-state index contributed by atoms with van der Waals surface area (Å²) in [7, 11) is -3.46. The zero-order chi connectivity index (χ0) is 19.7. The van der Waals surface area contributed by atoms with Crippen LogP contribution in [0, 0.1) is 0 Å². The van der Waals surface area contributed by atoms with Gasteiger partial charge in [0.25, 0.3) is 0 Å². The van der Waals surface area contributed by atoms with Crippen LogP contribution in [0.4, 0.5) is 0 Å². The maximum Gasteiger partial charge on any atom is 0.244 e. The van der Waals surface area contributed by atoms with Crippen LogP contribution in [0.5, 0.6) is 0 Å². The van der Waals surface area contributed by atoms with Gasteiger partial charge < -0.3 is 10.6 Å². The number of nitrogens with one attached hydrogen (secondary N) is 2. The number of carbonyl (C=O) groups excluding carboxylic acids is 2. The number of hydrogen-bond donors (Lipinski definition) is 2. The molecule has 0 aliphatic rings. The number of amides is 2. The normalized spacial score (nSPS) is 12.5. The summed E-state index contributed by atoms with van der Waals surface area (Å²) in [6.07, 6.45) is 2.99. The van der Waals surface area contributed by atoms with Crippen molar-refractivity contribution in [3.8, 4) is 0 Å². The highest BCUT2D eigenvalue weighted by molar-refractivity contribution is 7.91. The molecule has 142 valence electrons. The molecule has 0 bridgehead atoms. The third-order valence-corrected chi connectivity index (χ3v) is 5.48. The molecular weight excluding hydrogens is 364 g/mol. The summed E-state index contributed by atoms with van der Waals surface area (Å²) in [5, 5.41) is 5.07. The predicted octanol–water partition coefficient (Wildman–Crippen LogP) is 1.79. The van der Waals surface area contributed by atoms with Crippen molar-refractivity contribution >= 4 is 27.7 Å². The number of benzene rings is 2. The van der Waals surface area contributed by atoms with E-state index < -0.39 is 27.7 Å². The minimum Gasteiger partial charge on any atom is -0.353 e. The molecule has 6 nitrogen and oxygen atoms in total. The van der Waals surface area contributed by atoms with Crippen LogP contribution in [0.3, 0.4) is 0 Å². The van der Waals surface area contributed by atoms with Gasteiger partial charge in [-0.25, -0.2) is 8.42 Å². The van der Waals surface area contributed by atoms with Crippen LogP contribution >= 0.6 is 0 Å². The van der Waals surface area contributed by atoms with Crippen LogP contribution in [0.15, 0.2) is 71.6 Å². The monoisotopic (exact) mass is 386 g/mol. The Balaban J connectivity index is 1.78. The molecule has 7 heteroatoms. The lowest BCUT2D eigenvalue weighted by atomic mass is 10.2. The molecule has 27 heavy (non-hydrogen) atoms. The number of sulfone groups is 1. The number of carbonyl (C=O) groups is 2. The maximum absolute atomic E-state index is 12.2. The van der Waals surface area contributed by atoms with Crippen molar-refractivity contribution in [1.82, 2.24) is 10.6 Å². The van der Waals surface area contributed by atoms with Gasteiger partial charge >= 0.3 is 0 Å². The van der Waals surface area contributed by atoms with Gasteiger partial charge in [-0.3, -0.25) is 9.59 Å². The quantitative estimate of drug-likeness (QED) is 0.677. The Labute approximate surface area is 159 Å². The number of hydrogen-bond acceptors (Lipinski definition) is 4. The van der Waals surface area contributed by atoms with Crippen molar-refractivity contribution in [3.63, 3.8) is 0 Å². The lowest BCUT2D eigenvalue weighted by Crippen LogP contribution is -2.45. The Morgan fingerprint density at radius 3 is 2.22 bits per heavy atom. The van der Waals surface area contributed by atoms with Gasteiger partial charge in [0, 0.05) is 12.6 Å². The minimum absolute atomic E-state index is 0.0316. The molecule has 2 aromatic carbocycles. The van der Waals surface area contributed by atoms with Crippen LogP contribution in [-0.2, 0) is 19.4 Å². The van der Waals surface area contributed by atoms with E-state index in [0.29, 0.717) is 0 Å². The van der Waals surface area contributed by atoms with Crippen molar-refractivity contribution < 1.29 is 18.0 Å². The summed E-state index contributed by atoms with van der Waals surface area (Å²) in [5.74, 6) is -1.06. The SMILES string of the molecule is CC(NC(=O)/C=C/c1ccccc1)C(=O)NCCS(=O)(=O)c1ccccc1. The summed E-state index contributed by atoms with van der Waals surface area (Å²) in [4.78, 5) is 24.1. The fourth-order valence-corrected chi connectivity index (χ4v) is 3.45. The molecule has 0 aliphatic carbocycles. The second-order valence-corrected chi connectivity index (χ2v) is 8.01. The summed E-state index contributed by atoms with van der Waals surface area (Å²) < 4.78 is 24.3. The fourth-order valence-electron chi connectivity index (χ4n) is 2.27. The van der Waals surface area contributed by atoms with E-state index in [4.69, 9.17) is 0 Å². The van der Waals surface area contributed by atoms with E-state index in [2.05, 4.69) is 10.6 Å². The maximum atomic E-state index is 12.2. The van der Waals surface area contributed by atoms with Crippen LogP contribution in [0.25, 0.3) is 6.08 Å². The molecule has 0 saturated heterocycles. The zero-order valence-corrected chi connectivity index (χ0v) is 15.8. The third kappa shape index (κ3) is 6.71. The standard InChI is InChI=1S/C20H22N2O4S/c1-16(22-19(23)13-12-17-8-4-2-5-9-17)20(24)21-14-15-27(25,26)18-10-6-3-7-11-18/h2-13,16H,14-15H2,1H3,(H,21,24)(H,22,23)/b13-12+. The van der Waals surface area contributed by atoms with Gasteiger partial charge in [-0.1, -0.05) is 48.5 Å². The van der Waals surface area contributed by atoms with Crippen LogP contribution < -0.4 is 10.6 Å². The van der Waals surface area contributed by atoms with Crippen molar-refractivity contribution in [3.05, 3.63) is 72.3 Å². The highest BCUT2D eigenvalue weighted by atomic mass is 32.2. The highest BCUT2D eigenvalue weighted by Crippen LogP contribution is 2.09. The summed E-state index contributed by atoms with van der Waals surface area (Å²) in [6.45, 7) is 1.51. The lowest BCUT2D eigenvalue weighted by molar-refractivity contribution is -0.126. The number of rotatable bonds is 8. The van der Waals surface area contributed by atoms with Crippen LogP contribution in [0.2, 0.25) is 0 Å². The Morgan fingerprint density at radius 1 is 1.00 bits per heavy atom. The molecule has 0 radical (unpaired) electrons. The second-order valence-electron chi connectivity index (χ2n) is 5.90. The first kappa shape index (κ1) is 20.4. The van der Waals surface area contributed by atoms with Gasteiger partial charge in [0.15, 0.2) is 9.84 Å². The largest absolute Gasteiger partial charge is 0.353 e. The van der Waals surface area contributed by atoms with E-state index in [0.717, 1.165) is 5.56 Å². The first-order valence-electron chi connectivity index (χ1n) is 8.47. The highest BCUT2D eigenvalue weighted by Gasteiger charge is 2.17. The Kier molecular flexibility index (Phi) is 7.31. The molecule has 0 spiro atoms. The summed E-state index contributed by atoms with van der Waals surface area (Å²) in [5.41, 5.74) is 0.871. The lowest BCUT2D eigenvalue weighted by Gasteiger charge is -2.13. The van der Waals surface area contributed by atoms with E-state index >= 15 is 0 Å². The first-order chi connectivity index (χ1) is 12.9. The molecular formula is C20H22N2O4S. The Morgan fingerprint density at radius 2 is 1.59 bits per heavy atom. The molecule has 2 N–H and O–H groups in total. The minimum atomic E-state index is -3.46. The van der Waals surface area contributed by atoms with Gasteiger partial charge in [-0.2, -0.15) is 0 Å². The van der Waals surface area contributed by atoms with Crippen LogP contribution in [0.1, 0.15) is 12.5 Å². The Bertz CT molecular complexity index is 894.